The van der Waals surface area contributed by atoms with Gasteiger partial charge in [-0.2, -0.15) is 0 Å². The maximum absolute atomic E-state index is 9.43. The van der Waals surface area contributed by atoms with Gasteiger partial charge >= 0.3 is 0 Å². The van der Waals surface area contributed by atoms with Crippen molar-refractivity contribution in [2.45, 2.75) is 24.9 Å². The molecule has 1 N–H and O–H groups in total. The van der Waals surface area contributed by atoms with Crippen molar-refractivity contribution in [1.29, 1.82) is 0 Å². The minimum Gasteiger partial charge on any atom is -0.395 e. The van der Waals surface area contributed by atoms with Crippen LogP contribution in [0.5, 0.6) is 0 Å². The molecule has 2 aromatic rings. The molecule has 2 aromatic carbocycles. The first-order valence-electron chi connectivity index (χ1n) is 7.45. The summed E-state index contributed by atoms with van der Waals surface area (Å²) in [5.41, 5.74) is 5.51. The van der Waals surface area contributed by atoms with E-state index in [-0.39, 0.29) is 6.61 Å². The quantitative estimate of drug-likeness (QED) is 0.917. The van der Waals surface area contributed by atoms with Crippen molar-refractivity contribution in [3.63, 3.8) is 0 Å². The van der Waals surface area contributed by atoms with E-state index in [9.17, 15) is 5.11 Å². The van der Waals surface area contributed by atoms with Gasteiger partial charge in [-0.1, -0.05) is 48.5 Å². The molecule has 0 bridgehead atoms. The Balaban J connectivity index is 1.86. The second-order valence-electron chi connectivity index (χ2n) is 5.77. The van der Waals surface area contributed by atoms with Crippen LogP contribution in [0.15, 0.2) is 48.5 Å². The van der Waals surface area contributed by atoms with Gasteiger partial charge in [0.2, 0.25) is 0 Å². The molecule has 0 heterocycles. The minimum atomic E-state index is 0.233. The first-order chi connectivity index (χ1) is 9.90. The molecule has 2 nitrogen and oxygen atoms in total. The Morgan fingerprint density at radius 3 is 1.95 bits per heavy atom. The largest absolute Gasteiger partial charge is 0.395 e. The van der Waals surface area contributed by atoms with Gasteiger partial charge in [0.15, 0.2) is 0 Å². The Bertz CT molecular complexity index is 587. The van der Waals surface area contributed by atoms with Crippen molar-refractivity contribution < 1.29 is 5.11 Å². The first-order valence-corrected chi connectivity index (χ1v) is 7.45. The zero-order valence-electron chi connectivity index (χ0n) is 11.5. The van der Waals surface area contributed by atoms with E-state index in [4.69, 9.17) is 0 Å². The zero-order chi connectivity index (χ0) is 13.5. The molecule has 102 valence electrons. The van der Waals surface area contributed by atoms with Gasteiger partial charge in [-0.05, 0) is 35.1 Å². The maximum atomic E-state index is 9.43. The lowest BCUT2D eigenvalue weighted by atomic mass is 10.0. The summed E-state index contributed by atoms with van der Waals surface area (Å²) in [4.78, 5) is 2.49. The molecule has 2 heteroatoms. The second kappa shape index (κ2) is 4.72. The van der Waals surface area contributed by atoms with Gasteiger partial charge in [0.05, 0.1) is 12.6 Å². The summed E-state index contributed by atoms with van der Waals surface area (Å²) in [6.07, 6.45) is 2.53. The summed E-state index contributed by atoms with van der Waals surface area (Å²) < 4.78 is 0. The maximum Gasteiger partial charge on any atom is 0.0617 e. The van der Waals surface area contributed by atoms with Crippen LogP contribution in [0.3, 0.4) is 0 Å². The second-order valence-corrected chi connectivity index (χ2v) is 5.77. The predicted molar refractivity (Wildman–Crippen MR) is 80.5 cm³/mol. The average Bonchev–Trinajstić information content (AvgIpc) is 3.28. The summed E-state index contributed by atoms with van der Waals surface area (Å²) >= 11 is 0. The fourth-order valence-electron chi connectivity index (χ4n) is 3.53. The van der Waals surface area contributed by atoms with Gasteiger partial charge in [0.1, 0.15) is 0 Å². The lowest BCUT2D eigenvalue weighted by molar-refractivity contribution is 0.162. The highest BCUT2D eigenvalue weighted by molar-refractivity contribution is 5.78. The third kappa shape index (κ3) is 1.80. The Morgan fingerprint density at radius 2 is 1.45 bits per heavy atom. The molecule has 0 aliphatic heterocycles. The van der Waals surface area contributed by atoms with Crippen LogP contribution in [0.1, 0.15) is 30.0 Å². The molecule has 1 fully saturated rings. The van der Waals surface area contributed by atoms with Crippen molar-refractivity contribution in [1.82, 2.24) is 4.90 Å². The Labute approximate surface area is 119 Å². The van der Waals surface area contributed by atoms with E-state index in [0.717, 1.165) is 6.54 Å². The molecule has 20 heavy (non-hydrogen) atoms. The molecule has 0 aromatic heterocycles. The van der Waals surface area contributed by atoms with Crippen LogP contribution in [-0.2, 0) is 0 Å². The highest BCUT2D eigenvalue weighted by Gasteiger charge is 2.39. The molecule has 0 unspecified atom stereocenters. The number of benzene rings is 2. The fourth-order valence-corrected chi connectivity index (χ4v) is 3.53. The van der Waals surface area contributed by atoms with E-state index in [0.29, 0.717) is 12.1 Å². The SMILES string of the molecule is OCCN(C1CC1)C1c2ccccc2-c2ccccc21. The predicted octanol–water partition coefficient (Wildman–Crippen LogP) is 3.21. The van der Waals surface area contributed by atoms with E-state index in [1.54, 1.807) is 0 Å². The van der Waals surface area contributed by atoms with Crippen molar-refractivity contribution in [2.24, 2.45) is 0 Å². The number of hydrogen-bond acceptors (Lipinski definition) is 2. The molecular formula is C18H19NO. The van der Waals surface area contributed by atoms with Gasteiger partial charge in [-0.3, -0.25) is 4.90 Å². The molecule has 0 saturated heterocycles. The van der Waals surface area contributed by atoms with Crippen LogP contribution in [-0.4, -0.2) is 29.2 Å². The van der Waals surface area contributed by atoms with Gasteiger partial charge in [-0.15, -0.1) is 0 Å². The number of rotatable bonds is 4. The fraction of sp³-hybridized carbons (Fsp3) is 0.333. The third-order valence-corrected chi connectivity index (χ3v) is 4.51. The normalized spacial score (nSPS) is 17.3. The van der Waals surface area contributed by atoms with Gasteiger partial charge < -0.3 is 5.11 Å². The van der Waals surface area contributed by atoms with E-state index in [1.165, 1.54) is 35.1 Å². The van der Waals surface area contributed by atoms with Crippen molar-refractivity contribution in [3.05, 3.63) is 59.7 Å². The van der Waals surface area contributed by atoms with Crippen LogP contribution in [0.25, 0.3) is 11.1 Å². The minimum absolute atomic E-state index is 0.233. The van der Waals surface area contributed by atoms with Crippen LogP contribution >= 0.6 is 0 Å². The monoisotopic (exact) mass is 265 g/mol. The van der Waals surface area contributed by atoms with Gasteiger partial charge in [0.25, 0.3) is 0 Å². The highest BCUT2D eigenvalue weighted by Crippen LogP contribution is 2.48. The molecule has 2 aliphatic carbocycles. The molecule has 2 aliphatic rings. The Morgan fingerprint density at radius 1 is 0.900 bits per heavy atom. The number of hydrogen-bond donors (Lipinski definition) is 1. The molecule has 0 amide bonds. The van der Waals surface area contributed by atoms with Crippen LogP contribution in [0.2, 0.25) is 0 Å². The van der Waals surface area contributed by atoms with Crippen molar-refractivity contribution in [3.8, 4) is 11.1 Å². The van der Waals surface area contributed by atoms with Crippen LogP contribution in [0.4, 0.5) is 0 Å². The van der Waals surface area contributed by atoms with Crippen LogP contribution in [0, 0.1) is 0 Å². The van der Waals surface area contributed by atoms with Gasteiger partial charge in [0, 0.05) is 12.6 Å². The summed E-state index contributed by atoms with van der Waals surface area (Å²) in [5.74, 6) is 0. The molecule has 1 saturated carbocycles. The lowest BCUT2D eigenvalue weighted by Gasteiger charge is -2.30. The molecule has 0 spiro atoms. The number of fused-ring (bicyclic) bond motifs is 3. The Hall–Kier alpha value is -1.64. The number of aliphatic hydroxyl groups excluding tert-OH is 1. The molecular weight excluding hydrogens is 246 g/mol. The number of aliphatic hydroxyl groups is 1. The smallest absolute Gasteiger partial charge is 0.0617 e. The average molecular weight is 265 g/mol. The number of nitrogens with zero attached hydrogens (tertiary/aromatic N) is 1. The Kier molecular flexibility index (Phi) is 2.86. The molecule has 0 atom stereocenters. The lowest BCUT2D eigenvalue weighted by Crippen LogP contribution is -2.33. The summed E-state index contributed by atoms with van der Waals surface area (Å²) in [5, 5.41) is 9.43. The van der Waals surface area contributed by atoms with E-state index in [2.05, 4.69) is 53.4 Å². The summed E-state index contributed by atoms with van der Waals surface area (Å²) in [6, 6.07) is 18.4. The van der Waals surface area contributed by atoms with E-state index < -0.39 is 0 Å². The summed E-state index contributed by atoms with van der Waals surface area (Å²) in [7, 11) is 0. The van der Waals surface area contributed by atoms with E-state index >= 15 is 0 Å². The standard InChI is InChI=1S/C18H19NO/c20-12-11-19(13-9-10-13)18-16-7-3-1-5-14(16)15-6-2-4-8-17(15)18/h1-8,13,18,20H,9-12H2. The highest BCUT2D eigenvalue weighted by atomic mass is 16.3. The third-order valence-electron chi connectivity index (χ3n) is 4.51. The van der Waals surface area contributed by atoms with Gasteiger partial charge in [-0.25, -0.2) is 0 Å². The van der Waals surface area contributed by atoms with E-state index in [1.807, 2.05) is 0 Å². The molecule has 4 rings (SSSR count). The van der Waals surface area contributed by atoms with Crippen molar-refractivity contribution in [2.75, 3.05) is 13.2 Å². The summed E-state index contributed by atoms with van der Waals surface area (Å²) in [6.45, 7) is 0.995. The first kappa shape index (κ1) is 12.1. The van der Waals surface area contributed by atoms with Crippen LogP contribution < -0.4 is 0 Å². The topological polar surface area (TPSA) is 23.5 Å². The zero-order valence-corrected chi connectivity index (χ0v) is 11.5. The van der Waals surface area contributed by atoms with Crippen molar-refractivity contribution >= 4 is 0 Å². The molecule has 0 radical (unpaired) electrons.